The molecule has 0 aliphatic rings. The van der Waals surface area contributed by atoms with Gasteiger partial charge in [-0.1, -0.05) is 28.1 Å². The van der Waals surface area contributed by atoms with E-state index in [1.54, 1.807) is 54.6 Å². The summed E-state index contributed by atoms with van der Waals surface area (Å²) in [6, 6.07) is 16.6. The van der Waals surface area contributed by atoms with E-state index in [9.17, 15) is 9.59 Å². The molecular formula is C24H21BrN2O6. The third-order valence-electron chi connectivity index (χ3n) is 4.52. The van der Waals surface area contributed by atoms with E-state index >= 15 is 0 Å². The lowest BCUT2D eigenvalue weighted by atomic mass is 10.2. The number of hydrogen-bond acceptors (Lipinski definition) is 7. The number of para-hydroxylation sites is 1. The minimum absolute atomic E-state index is 0.258. The highest BCUT2D eigenvalue weighted by Crippen LogP contribution is 2.29. The molecule has 0 unspecified atom stereocenters. The number of benzene rings is 3. The molecule has 3 aromatic rings. The van der Waals surface area contributed by atoms with E-state index in [1.165, 1.54) is 33.6 Å². The average molecular weight is 513 g/mol. The van der Waals surface area contributed by atoms with Crippen LogP contribution in [-0.2, 0) is 0 Å². The van der Waals surface area contributed by atoms with Crippen LogP contribution in [0.1, 0.15) is 26.3 Å². The largest absolute Gasteiger partial charge is 0.496 e. The first kappa shape index (κ1) is 23.8. The van der Waals surface area contributed by atoms with E-state index in [-0.39, 0.29) is 11.3 Å². The van der Waals surface area contributed by atoms with Crippen molar-refractivity contribution in [1.29, 1.82) is 0 Å². The van der Waals surface area contributed by atoms with Gasteiger partial charge < -0.3 is 18.9 Å². The minimum Gasteiger partial charge on any atom is -0.496 e. The first-order valence-corrected chi connectivity index (χ1v) is 10.5. The van der Waals surface area contributed by atoms with Crippen molar-refractivity contribution in [1.82, 2.24) is 5.43 Å². The van der Waals surface area contributed by atoms with Crippen molar-refractivity contribution in [3.63, 3.8) is 0 Å². The number of ether oxygens (including phenoxy) is 4. The molecule has 0 saturated carbocycles. The van der Waals surface area contributed by atoms with Crippen LogP contribution in [0.3, 0.4) is 0 Å². The van der Waals surface area contributed by atoms with Gasteiger partial charge in [0, 0.05) is 10.0 Å². The molecule has 33 heavy (non-hydrogen) atoms. The number of esters is 1. The van der Waals surface area contributed by atoms with Gasteiger partial charge in [0.25, 0.3) is 5.91 Å². The zero-order valence-electron chi connectivity index (χ0n) is 18.1. The fourth-order valence-electron chi connectivity index (χ4n) is 2.89. The normalized spacial score (nSPS) is 10.5. The number of rotatable bonds is 8. The second-order valence-electron chi connectivity index (χ2n) is 6.54. The first-order chi connectivity index (χ1) is 16.0. The van der Waals surface area contributed by atoms with Crippen LogP contribution in [-0.4, -0.2) is 39.4 Å². The van der Waals surface area contributed by atoms with Crippen molar-refractivity contribution in [3.05, 3.63) is 81.8 Å². The molecule has 0 fully saturated rings. The van der Waals surface area contributed by atoms with Crippen LogP contribution in [0.2, 0.25) is 0 Å². The Kier molecular flexibility index (Phi) is 8.04. The van der Waals surface area contributed by atoms with Gasteiger partial charge in [-0.05, 0) is 48.5 Å². The number of hydrazone groups is 1. The van der Waals surface area contributed by atoms with E-state index in [4.69, 9.17) is 18.9 Å². The maximum Gasteiger partial charge on any atom is 0.343 e. The van der Waals surface area contributed by atoms with Crippen LogP contribution in [0.25, 0.3) is 0 Å². The van der Waals surface area contributed by atoms with Crippen LogP contribution >= 0.6 is 15.9 Å². The van der Waals surface area contributed by atoms with Gasteiger partial charge in [0.05, 0.1) is 38.7 Å². The zero-order chi connectivity index (χ0) is 23.8. The van der Waals surface area contributed by atoms with Crippen molar-refractivity contribution >= 4 is 34.0 Å². The summed E-state index contributed by atoms with van der Waals surface area (Å²) in [5, 5.41) is 4.00. The molecule has 3 rings (SSSR count). The number of nitrogens with one attached hydrogen (secondary N) is 1. The summed E-state index contributed by atoms with van der Waals surface area (Å²) >= 11 is 3.38. The number of halogens is 1. The predicted octanol–water partition coefficient (Wildman–Crippen LogP) is 4.46. The first-order valence-electron chi connectivity index (χ1n) is 9.67. The zero-order valence-corrected chi connectivity index (χ0v) is 19.7. The number of carbonyl (C=O) groups excluding carboxylic acids is 2. The van der Waals surface area contributed by atoms with E-state index < -0.39 is 11.9 Å². The van der Waals surface area contributed by atoms with Gasteiger partial charge in [-0.3, -0.25) is 4.79 Å². The summed E-state index contributed by atoms with van der Waals surface area (Å²) in [5.41, 5.74) is 3.54. The average Bonchev–Trinajstić information content (AvgIpc) is 2.84. The Labute approximate surface area is 199 Å². The fraction of sp³-hybridized carbons (Fsp3) is 0.125. The molecule has 8 nitrogen and oxygen atoms in total. The Morgan fingerprint density at radius 1 is 0.848 bits per heavy atom. The van der Waals surface area contributed by atoms with Crippen LogP contribution in [0.4, 0.5) is 0 Å². The number of methoxy groups -OCH3 is 3. The van der Waals surface area contributed by atoms with Crippen molar-refractivity contribution in [3.8, 4) is 23.0 Å². The summed E-state index contributed by atoms with van der Waals surface area (Å²) in [6.07, 6.45) is 1.38. The van der Waals surface area contributed by atoms with Gasteiger partial charge in [0.15, 0.2) is 11.5 Å². The molecular weight excluding hydrogens is 492 g/mol. The molecule has 0 aromatic heterocycles. The third-order valence-corrected chi connectivity index (χ3v) is 5.01. The second-order valence-corrected chi connectivity index (χ2v) is 7.46. The number of carbonyl (C=O) groups is 2. The van der Waals surface area contributed by atoms with E-state index in [0.29, 0.717) is 28.4 Å². The lowest BCUT2D eigenvalue weighted by molar-refractivity contribution is 0.0733. The predicted molar refractivity (Wildman–Crippen MR) is 127 cm³/mol. The van der Waals surface area contributed by atoms with Crippen molar-refractivity contribution in [2.45, 2.75) is 0 Å². The van der Waals surface area contributed by atoms with E-state index in [0.717, 1.165) is 4.47 Å². The van der Waals surface area contributed by atoms with Crippen LogP contribution in [0.5, 0.6) is 23.0 Å². The highest BCUT2D eigenvalue weighted by molar-refractivity contribution is 9.10. The van der Waals surface area contributed by atoms with Gasteiger partial charge in [-0.2, -0.15) is 5.10 Å². The smallest absolute Gasteiger partial charge is 0.343 e. The quantitative estimate of drug-likeness (QED) is 0.207. The number of amides is 1. The highest BCUT2D eigenvalue weighted by atomic mass is 79.9. The second kappa shape index (κ2) is 11.1. The lowest BCUT2D eigenvalue weighted by Gasteiger charge is -2.11. The van der Waals surface area contributed by atoms with Crippen molar-refractivity contribution in [2.24, 2.45) is 5.10 Å². The number of nitrogens with zero attached hydrogens (tertiary/aromatic N) is 1. The van der Waals surface area contributed by atoms with Gasteiger partial charge in [-0.15, -0.1) is 0 Å². The SMILES string of the molecule is COc1ccc(C(=O)Oc2ccc(Br)cc2/C=N\NC(=O)c2ccccc2OC)cc1OC. The maximum absolute atomic E-state index is 12.7. The molecule has 1 amide bonds. The summed E-state index contributed by atoms with van der Waals surface area (Å²) in [5.74, 6) is 0.555. The summed E-state index contributed by atoms with van der Waals surface area (Å²) in [7, 11) is 4.47. The molecule has 9 heteroatoms. The molecule has 0 radical (unpaired) electrons. The topological polar surface area (TPSA) is 95.5 Å². The van der Waals surface area contributed by atoms with E-state index in [1.807, 2.05) is 0 Å². The molecule has 0 aliphatic heterocycles. The summed E-state index contributed by atoms with van der Waals surface area (Å²) < 4.78 is 21.9. The molecule has 0 aliphatic carbocycles. The Morgan fingerprint density at radius 2 is 1.55 bits per heavy atom. The van der Waals surface area contributed by atoms with Crippen LogP contribution < -0.4 is 24.4 Å². The summed E-state index contributed by atoms with van der Waals surface area (Å²) in [4.78, 5) is 25.1. The lowest BCUT2D eigenvalue weighted by Crippen LogP contribution is -2.18. The standard InChI is InChI=1S/C24H21BrN2O6/c1-30-20-7-5-4-6-18(20)23(28)27-26-14-16-12-17(25)9-11-19(16)33-24(29)15-8-10-21(31-2)22(13-15)32-3/h4-14H,1-3H3,(H,27,28)/b26-14-. The van der Waals surface area contributed by atoms with Gasteiger partial charge in [0.2, 0.25) is 0 Å². The molecule has 0 spiro atoms. The molecule has 1 N–H and O–H groups in total. The Morgan fingerprint density at radius 3 is 2.27 bits per heavy atom. The molecule has 0 bridgehead atoms. The van der Waals surface area contributed by atoms with Gasteiger partial charge >= 0.3 is 5.97 Å². The van der Waals surface area contributed by atoms with Crippen molar-refractivity contribution < 1.29 is 28.5 Å². The molecule has 0 heterocycles. The highest BCUT2D eigenvalue weighted by Gasteiger charge is 2.15. The van der Waals surface area contributed by atoms with Gasteiger partial charge in [0.1, 0.15) is 11.5 Å². The Hall–Kier alpha value is -3.85. The summed E-state index contributed by atoms with van der Waals surface area (Å²) in [6.45, 7) is 0. The minimum atomic E-state index is -0.592. The molecule has 170 valence electrons. The molecule has 0 atom stereocenters. The third kappa shape index (κ3) is 5.89. The van der Waals surface area contributed by atoms with E-state index in [2.05, 4.69) is 26.5 Å². The monoisotopic (exact) mass is 512 g/mol. The van der Waals surface area contributed by atoms with Crippen LogP contribution in [0, 0.1) is 0 Å². The Balaban J connectivity index is 1.78. The van der Waals surface area contributed by atoms with Crippen LogP contribution in [0.15, 0.2) is 70.2 Å². The fourth-order valence-corrected chi connectivity index (χ4v) is 3.27. The molecule has 0 saturated heterocycles. The number of hydrogen-bond donors (Lipinski definition) is 1. The van der Waals surface area contributed by atoms with Crippen molar-refractivity contribution in [2.75, 3.05) is 21.3 Å². The molecule has 3 aromatic carbocycles. The Bertz CT molecular complexity index is 1200. The van der Waals surface area contributed by atoms with Gasteiger partial charge in [-0.25, -0.2) is 10.2 Å². The maximum atomic E-state index is 12.7.